The van der Waals surface area contributed by atoms with Gasteiger partial charge in [-0.3, -0.25) is 4.79 Å². The SMILES string of the molecule is N#Cc1c(O)c(Cl)c(Cl)c(OCCCCOc2ccc3ccc(=O)[nH]c3c2)c1C#N. The van der Waals surface area contributed by atoms with Gasteiger partial charge in [-0.1, -0.05) is 23.2 Å². The van der Waals surface area contributed by atoms with Gasteiger partial charge in [-0.15, -0.1) is 0 Å². The van der Waals surface area contributed by atoms with Crippen LogP contribution in [0.3, 0.4) is 0 Å². The van der Waals surface area contributed by atoms with Crippen molar-refractivity contribution in [1.82, 2.24) is 4.98 Å². The van der Waals surface area contributed by atoms with Crippen molar-refractivity contribution < 1.29 is 14.6 Å². The number of rotatable bonds is 7. The van der Waals surface area contributed by atoms with E-state index in [-0.39, 0.29) is 39.1 Å². The standard InChI is InChI=1S/C21H15Cl2N3O4/c22-18-19(23)21(15(11-25)14(10-24)20(18)28)30-8-2-1-7-29-13-5-3-12-4-6-17(27)26-16(12)9-13/h3-6,9,28H,1-2,7-8H2,(H,26,27). The Morgan fingerprint density at radius 1 is 0.967 bits per heavy atom. The molecule has 1 heterocycles. The molecule has 0 aliphatic carbocycles. The first-order valence-corrected chi connectivity index (χ1v) is 9.64. The van der Waals surface area contributed by atoms with Gasteiger partial charge in [-0.25, -0.2) is 0 Å². The van der Waals surface area contributed by atoms with Crippen LogP contribution in [-0.4, -0.2) is 23.3 Å². The number of phenolic OH excluding ortho intramolecular Hbond substituents is 1. The smallest absolute Gasteiger partial charge is 0.248 e. The number of aromatic hydroxyl groups is 1. The largest absolute Gasteiger partial charge is 0.505 e. The van der Waals surface area contributed by atoms with Crippen LogP contribution in [0, 0.1) is 22.7 Å². The van der Waals surface area contributed by atoms with E-state index in [1.54, 1.807) is 18.2 Å². The van der Waals surface area contributed by atoms with Gasteiger partial charge in [0.15, 0.2) is 11.5 Å². The van der Waals surface area contributed by atoms with Crippen molar-refractivity contribution in [3.63, 3.8) is 0 Å². The predicted molar refractivity (Wildman–Crippen MR) is 112 cm³/mol. The van der Waals surface area contributed by atoms with Crippen LogP contribution in [0.4, 0.5) is 0 Å². The molecule has 9 heteroatoms. The second-order valence-electron chi connectivity index (χ2n) is 6.25. The van der Waals surface area contributed by atoms with Gasteiger partial charge in [-0.2, -0.15) is 10.5 Å². The molecule has 30 heavy (non-hydrogen) atoms. The summed E-state index contributed by atoms with van der Waals surface area (Å²) in [4.78, 5) is 14.2. The summed E-state index contributed by atoms with van der Waals surface area (Å²) in [6, 6.07) is 12.2. The van der Waals surface area contributed by atoms with Gasteiger partial charge in [0.2, 0.25) is 5.56 Å². The lowest BCUT2D eigenvalue weighted by Crippen LogP contribution is -2.05. The maximum Gasteiger partial charge on any atom is 0.248 e. The Balaban J connectivity index is 1.56. The van der Waals surface area contributed by atoms with E-state index < -0.39 is 5.75 Å². The fraction of sp³-hybridized carbons (Fsp3) is 0.190. The first-order chi connectivity index (χ1) is 14.5. The molecule has 0 spiro atoms. The second kappa shape index (κ2) is 9.41. The van der Waals surface area contributed by atoms with Gasteiger partial charge in [0.25, 0.3) is 0 Å². The Labute approximate surface area is 181 Å². The number of halogens is 2. The van der Waals surface area contributed by atoms with Gasteiger partial charge in [0.05, 0.1) is 18.7 Å². The van der Waals surface area contributed by atoms with Crippen LogP contribution in [0.25, 0.3) is 10.9 Å². The highest BCUT2D eigenvalue weighted by Gasteiger charge is 2.23. The number of fused-ring (bicyclic) bond motifs is 1. The van der Waals surface area contributed by atoms with E-state index in [1.165, 1.54) is 6.07 Å². The Hall–Kier alpha value is -3.39. The third kappa shape index (κ3) is 4.44. The highest BCUT2D eigenvalue weighted by atomic mass is 35.5. The molecule has 0 unspecified atom stereocenters. The van der Waals surface area contributed by atoms with Gasteiger partial charge in [-0.05, 0) is 36.4 Å². The number of hydrogen-bond donors (Lipinski definition) is 2. The summed E-state index contributed by atoms with van der Waals surface area (Å²) in [5, 5.41) is 28.9. The average Bonchev–Trinajstić information content (AvgIpc) is 2.75. The van der Waals surface area contributed by atoms with Crippen LogP contribution in [0.2, 0.25) is 10.0 Å². The first kappa shape index (κ1) is 21.3. The molecular weight excluding hydrogens is 429 g/mol. The number of nitriles is 2. The summed E-state index contributed by atoms with van der Waals surface area (Å²) < 4.78 is 11.3. The van der Waals surface area contributed by atoms with Gasteiger partial charge < -0.3 is 19.6 Å². The molecule has 0 atom stereocenters. The topological polar surface area (TPSA) is 119 Å². The number of phenols is 1. The molecule has 152 valence electrons. The lowest BCUT2D eigenvalue weighted by Gasteiger charge is -2.13. The second-order valence-corrected chi connectivity index (χ2v) is 7.01. The number of hydrogen-bond acceptors (Lipinski definition) is 6. The highest BCUT2D eigenvalue weighted by Crippen LogP contribution is 2.44. The number of aromatic amines is 1. The Morgan fingerprint density at radius 3 is 2.33 bits per heavy atom. The third-order valence-electron chi connectivity index (χ3n) is 4.29. The Morgan fingerprint density at radius 2 is 1.63 bits per heavy atom. The number of nitrogens with one attached hydrogen (secondary N) is 1. The molecule has 0 aliphatic heterocycles. The first-order valence-electron chi connectivity index (χ1n) is 8.89. The van der Waals surface area contributed by atoms with E-state index in [2.05, 4.69) is 4.98 Å². The molecule has 3 rings (SSSR count). The molecule has 1 aromatic heterocycles. The zero-order valence-corrected chi connectivity index (χ0v) is 17.0. The normalized spacial score (nSPS) is 10.4. The highest BCUT2D eigenvalue weighted by molar-refractivity contribution is 6.44. The van der Waals surface area contributed by atoms with E-state index in [4.69, 9.17) is 37.9 Å². The minimum atomic E-state index is -0.543. The molecule has 0 amide bonds. The summed E-state index contributed by atoms with van der Waals surface area (Å²) in [5.74, 6) is 0.0557. The minimum Gasteiger partial charge on any atom is -0.505 e. The molecule has 0 saturated carbocycles. The van der Waals surface area contributed by atoms with Crippen molar-refractivity contribution in [2.24, 2.45) is 0 Å². The van der Waals surface area contributed by atoms with Crippen LogP contribution in [0.1, 0.15) is 24.0 Å². The molecular formula is C21H15Cl2N3O4. The van der Waals surface area contributed by atoms with Gasteiger partial charge in [0, 0.05) is 12.1 Å². The van der Waals surface area contributed by atoms with Crippen LogP contribution in [0.5, 0.6) is 17.2 Å². The van der Waals surface area contributed by atoms with Gasteiger partial charge in [0.1, 0.15) is 39.1 Å². The van der Waals surface area contributed by atoms with E-state index in [0.717, 1.165) is 5.39 Å². The minimum absolute atomic E-state index is 0.0297. The van der Waals surface area contributed by atoms with Crippen LogP contribution in [0.15, 0.2) is 35.1 Å². The lowest BCUT2D eigenvalue weighted by atomic mass is 10.1. The zero-order valence-electron chi connectivity index (χ0n) is 15.5. The quantitative estimate of drug-likeness (QED) is 0.517. The zero-order chi connectivity index (χ0) is 21.7. The molecule has 0 radical (unpaired) electrons. The number of pyridine rings is 1. The molecule has 3 aromatic rings. The maximum atomic E-state index is 11.4. The summed E-state index contributed by atoms with van der Waals surface area (Å²) in [7, 11) is 0. The molecule has 0 fully saturated rings. The van der Waals surface area contributed by atoms with Crippen molar-refractivity contribution in [3.8, 4) is 29.4 Å². The summed E-state index contributed by atoms with van der Waals surface area (Å²) >= 11 is 12.0. The van der Waals surface area contributed by atoms with Crippen molar-refractivity contribution in [1.29, 1.82) is 10.5 Å². The predicted octanol–water partition coefficient (Wildman–Crippen LogP) is 4.52. The average molecular weight is 444 g/mol. The van der Waals surface area contributed by atoms with Crippen LogP contribution in [-0.2, 0) is 0 Å². The van der Waals surface area contributed by atoms with Crippen LogP contribution >= 0.6 is 23.2 Å². The molecule has 0 aliphatic rings. The third-order valence-corrected chi connectivity index (χ3v) is 5.11. The monoisotopic (exact) mass is 443 g/mol. The summed E-state index contributed by atoms with van der Waals surface area (Å²) in [6.07, 6.45) is 1.21. The van der Waals surface area contributed by atoms with Crippen molar-refractivity contribution >= 4 is 34.1 Å². The number of ether oxygens (including phenoxy) is 2. The van der Waals surface area contributed by atoms with E-state index in [1.807, 2.05) is 18.2 Å². The number of benzene rings is 2. The maximum absolute atomic E-state index is 11.4. The Kier molecular flexibility index (Phi) is 6.68. The number of unbranched alkanes of at least 4 members (excludes halogenated alkanes) is 1. The molecule has 2 aromatic carbocycles. The molecule has 0 bridgehead atoms. The summed E-state index contributed by atoms with van der Waals surface area (Å²) in [5.41, 5.74) is 0.0750. The van der Waals surface area contributed by atoms with E-state index in [0.29, 0.717) is 30.7 Å². The lowest BCUT2D eigenvalue weighted by molar-refractivity contribution is 0.266. The number of nitrogens with zero attached hydrogens (tertiary/aromatic N) is 2. The van der Waals surface area contributed by atoms with Crippen molar-refractivity contribution in [2.45, 2.75) is 12.8 Å². The van der Waals surface area contributed by atoms with Crippen molar-refractivity contribution in [3.05, 3.63) is 61.9 Å². The number of aromatic nitrogens is 1. The van der Waals surface area contributed by atoms with E-state index in [9.17, 15) is 15.2 Å². The van der Waals surface area contributed by atoms with E-state index >= 15 is 0 Å². The molecule has 2 N–H and O–H groups in total. The van der Waals surface area contributed by atoms with Gasteiger partial charge >= 0.3 is 0 Å². The van der Waals surface area contributed by atoms with Crippen molar-refractivity contribution in [2.75, 3.05) is 13.2 Å². The number of H-pyrrole nitrogens is 1. The summed E-state index contributed by atoms with van der Waals surface area (Å²) in [6.45, 7) is 0.610. The van der Waals surface area contributed by atoms with Crippen LogP contribution < -0.4 is 15.0 Å². The molecule has 7 nitrogen and oxygen atoms in total. The molecule has 0 saturated heterocycles. The Bertz CT molecular complexity index is 1240. The fourth-order valence-corrected chi connectivity index (χ4v) is 3.21. The fourth-order valence-electron chi connectivity index (χ4n) is 2.79.